The average Bonchev–Trinajstić information content (AvgIpc) is 2.36. The summed E-state index contributed by atoms with van der Waals surface area (Å²) in [6.45, 7) is -0.0713. The van der Waals surface area contributed by atoms with Crippen LogP contribution in [0.5, 0.6) is 5.75 Å². The molecule has 0 aliphatic heterocycles. The van der Waals surface area contributed by atoms with Crippen LogP contribution in [-0.4, -0.2) is 30.1 Å². The van der Waals surface area contributed by atoms with Crippen LogP contribution < -0.4 is 15.8 Å². The van der Waals surface area contributed by atoms with E-state index in [4.69, 9.17) is 15.6 Å². The minimum atomic E-state index is -1.05. The number of rotatable bonds is 6. The van der Waals surface area contributed by atoms with Crippen molar-refractivity contribution in [2.75, 3.05) is 18.5 Å². The molecule has 108 valence electrons. The number of ether oxygens (including phenoxy) is 1. The van der Waals surface area contributed by atoms with E-state index in [9.17, 15) is 9.59 Å². The third-order valence-corrected chi connectivity index (χ3v) is 3.64. The maximum absolute atomic E-state index is 12.2. The fraction of sp³-hybridized carbons (Fsp3) is 0.429. The SMILES string of the molecule is NCC1(C(=O)Nc2cccc(OCC(=O)O)c2)CCC1. The molecule has 6 nitrogen and oxygen atoms in total. The van der Waals surface area contributed by atoms with Gasteiger partial charge in [-0.3, -0.25) is 4.79 Å². The topological polar surface area (TPSA) is 102 Å². The first-order valence-electron chi connectivity index (χ1n) is 6.52. The van der Waals surface area contributed by atoms with Gasteiger partial charge in [0.15, 0.2) is 6.61 Å². The molecule has 0 aromatic heterocycles. The molecule has 1 aromatic carbocycles. The summed E-state index contributed by atoms with van der Waals surface area (Å²) in [5.41, 5.74) is 5.82. The second-order valence-electron chi connectivity index (χ2n) is 5.00. The summed E-state index contributed by atoms with van der Waals surface area (Å²) in [4.78, 5) is 22.6. The lowest BCUT2D eigenvalue weighted by Crippen LogP contribution is -2.47. The minimum absolute atomic E-state index is 0.0818. The highest BCUT2D eigenvalue weighted by Gasteiger charge is 2.42. The molecule has 0 radical (unpaired) electrons. The molecule has 20 heavy (non-hydrogen) atoms. The van der Waals surface area contributed by atoms with E-state index in [2.05, 4.69) is 5.32 Å². The first-order valence-corrected chi connectivity index (χ1v) is 6.52. The number of hydrogen-bond donors (Lipinski definition) is 3. The quantitative estimate of drug-likeness (QED) is 0.726. The summed E-state index contributed by atoms with van der Waals surface area (Å²) >= 11 is 0. The van der Waals surface area contributed by atoms with Gasteiger partial charge in [-0.2, -0.15) is 0 Å². The molecule has 4 N–H and O–H groups in total. The van der Waals surface area contributed by atoms with Crippen LogP contribution in [0, 0.1) is 5.41 Å². The number of benzene rings is 1. The minimum Gasteiger partial charge on any atom is -0.482 e. The number of anilines is 1. The summed E-state index contributed by atoms with van der Waals surface area (Å²) in [6.07, 6.45) is 2.64. The van der Waals surface area contributed by atoms with E-state index < -0.39 is 18.0 Å². The third kappa shape index (κ3) is 3.08. The standard InChI is InChI=1S/C14H18N2O4/c15-9-14(5-2-6-14)13(19)16-10-3-1-4-11(7-10)20-8-12(17)18/h1,3-4,7H,2,5-6,8-9,15H2,(H,16,19)(H,17,18). The Morgan fingerprint density at radius 3 is 2.70 bits per heavy atom. The van der Waals surface area contributed by atoms with Crippen molar-refractivity contribution in [2.45, 2.75) is 19.3 Å². The smallest absolute Gasteiger partial charge is 0.341 e. The number of nitrogens with two attached hydrogens (primary N) is 1. The van der Waals surface area contributed by atoms with Crippen LogP contribution in [0.3, 0.4) is 0 Å². The molecular formula is C14H18N2O4. The lowest BCUT2D eigenvalue weighted by molar-refractivity contribution is -0.139. The Kier molecular flexibility index (Phi) is 4.24. The number of carbonyl (C=O) groups excluding carboxylic acids is 1. The van der Waals surface area contributed by atoms with E-state index in [0.29, 0.717) is 18.0 Å². The van der Waals surface area contributed by atoms with Crippen molar-refractivity contribution in [1.82, 2.24) is 0 Å². The largest absolute Gasteiger partial charge is 0.482 e. The second kappa shape index (κ2) is 5.92. The molecule has 0 unspecified atom stereocenters. The van der Waals surface area contributed by atoms with Crippen LogP contribution in [0.25, 0.3) is 0 Å². The van der Waals surface area contributed by atoms with Gasteiger partial charge in [-0.25, -0.2) is 4.79 Å². The normalized spacial score (nSPS) is 16.1. The molecule has 0 atom stereocenters. The summed E-state index contributed by atoms with van der Waals surface area (Å²) in [5.74, 6) is -0.724. The predicted molar refractivity (Wildman–Crippen MR) is 73.5 cm³/mol. The molecule has 1 aromatic rings. The fourth-order valence-electron chi connectivity index (χ4n) is 2.20. The summed E-state index contributed by atoms with van der Waals surface area (Å²) in [6, 6.07) is 6.67. The van der Waals surface area contributed by atoms with Crippen LogP contribution in [0.2, 0.25) is 0 Å². The molecule has 1 aliphatic carbocycles. The van der Waals surface area contributed by atoms with Gasteiger partial charge in [0.05, 0.1) is 5.41 Å². The summed E-state index contributed by atoms with van der Waals surface area (Å²) in [7, 11) is 0. The Hall–Kier alpha value is -2.08. The third-order valence-electron chi connectivity index (χ3n) is 3.64. The van der Waals surface area contributed by atoms with Gasteiger partial charge in [0.25, 0.3) is 0 Å². The lowest BCUT2D eigenvalue weighted by atomic mass is 9.68. The molecule has 1 amide bonds. The molecular weight excluding hydrogens is 260 g/mol. The zero-order valence-corrected chi connectivity index (χ0v) is 11.1. The Labute approximate surface area is 116 Å². The number of carbonyl (C=O) groups is 2. The van der Waals surface area contributed by atoms with Crippen molar-refractivity contribution >= 4 is 17.6 Å². The maximum Gasteiger partial charge on any atom is 0.341 e. The molecule has 0 bridgehead atoms. The van der Waals surface area contributed by atoms with Crippen molar-refractivity contribution in [3.63, 3.8) is 0 Å². The van der Waals surface area contributed by atoms with E-state index in [-0.39, 0.29) is 5.91 Å². The molecule has 0 spiro atoms. The number of carboxylic acid groups (broad SMARTS) is 1. The highest BCUT2D eigenvalue weighted by molar-refractivity contribution is 5.96. The number of nitrogens with one attached hydrogen (secondary N) is 1. The Morgan fingerprint density at radius 2 is 2.15 bits per heavy atom. The molecule has 1 saturated carbocycles. The number of aliphatic carboxylic acids is 1. The van der Waals surface area contributed by atoms with Crippen LogP contribution in [0.15, 0.2) is 24.3 Å². The molecule has 0 saturated heterocycles. The zero-order valence-electron chi connectivity index (χ0n) is 11.1. The Morgan fingerprint density at radius 1 is 1.40 bits per heavy atom. The van der Waals surface area contributed by atoms with E-state index in [1.54, 1.807) is 24.3 Å². The van der Waals surface area contributed by atoms with Crippen molar-refractivity contribution in [2.24, 2.45) is 11.1 Å². The van der Waals surface area contributed by atoms with Gasteiger partial charge >= 0.3 is 5.97 Å². The van der Waals surface area contributed by atoms with E-state index >= 15 is 0 Å². The first-order chi connectivity index (χ1) is 9.55. The molecule has 6 heteroatoms. The summed E-state index contributed by atoms with van der Waals surface area (Å²) < 4.78 is 5.07. The summed E-state index contributed by atoms with van der Waals surface area (Å²) in [5, 5.41) is 11.4. The fourth-order valence-corrected chi connectivity index (χ4v) is 2.20. The second-order valence-corrected chi connectivity index (χ2v) is 5.00. The number of amides is 1. The van der Waals surface area contributed by atoms with Crippen molar-refractivity contribution in [1.29, 1.82) is 0 Å². The molecule has 0 heterocycles. The maximum atomic E-state index is 12.2. The molecule has 2 rings (SSSR count). The van der Waals surface area contributed by atoms with Crippen molar-refractivity contribution in [3.8, 4) is 5.75 Å². The van der Waals surface area contributed by atoms with E-state index in [0.717, 1.165) is 19.3 Å². The van der Waals surface area contributed by atoms with Gasteiger partial charge in [-0.15, -0.1) is 0 Å². The highest BCUT2D eigenvalue weighted by atomic mass is 16.5. The van der Waals surface area contributed by atoms with Crippen LogP contribution in [0.1, 0.15) is 19.3 Å². The lowest BCUT2D eigenvalue weighted by Gasteiger charge is -2.39. The predicted octanol–water partition coefficient (Wildman–Crippen LogP) is 1.22. The van der Waals surface area contributed by atoms with Crippen LogP contribution >= 0.6 is 0 Å². The van der Waals surface area contributed by atoms with Gasteiger partial charge < -0.3 is 20.9 Å². The van der Waals surface area contributed by atoms with Crippen LogP contribution in [0.4, 0.5) is 5.69 Å². The monoisotopic (exact) mass is 278 g/mol. The van der Waals surface area contributed by atoms with Gasteiger partial charge in [0, 0.05) is 18.3 Å². The average molecular weight is 278 g/mol. The van der Waals surface area contributed by atoms with Gasteiger partial charge in [-0.05, 0) is 25.0 Å². The van der Waals surface area contributed by atoms with Crippen molar-refractivity contribution in [3.05, 3.63) is 24.3 Å². The van der Waals surface area contributed by atoms with Crippen molar-refractivity contribution < 1.29 is 19.4 Å². The Balaban J connectivity index is 2.00. The van der Waals surface area contributed by atoms with Gasteiger partial charge in [0.1, 0.15) is 5.75 Å². The molecule has 1 aliphatic rings. The Bertz CT molecular complexity index is 506. The van der Waals surface area contributed by atoms with E-state index in [1.165, 1.54) is 0 Å². The molecule has 1 fully saturated rings. The number of carboxylic acids is 1. The van der Waals surface area contributed by atoms with Gasteiger partial charge in [-0.1, -0.05) is 12.5 Å². The highest BCUT2D eigenvalue weighted by Crippen LogP contribution is 2.40. The van der Waals surface area contributed by atoms with Crippen LogP contribution in [-0.2, 0) is 9.59 Å². The number of hydrogen-bond acceptors (Lipinski definition) is 4. The van der Waals surface area contributed by atoms with E-state index in [1.807, 2.05) is 0 Å². The van der Waals surface area contributed by atoms with Gasteiger partial charge in [0.2, 0.25) is 5.91 Å². The first kappa shape index (κ1) is 14.3. The zero-order chi connectivity index (χ0) is 14.6.